The van der Waals surface area contributed by atoms with Gasteiger partial charge in [-0.05, 0) is 60.4 Å². The van der Waals surface area contributed by atoms with Crippen LogP contribution in [-0.4, -0.2) is 44.4 Å². The van der Waals surface area contributed by atoms with Gasteiger partial charge in [0.05, 0.1) is 23.2 Å². The van der Waals surface area contributed by atoms with E-state index in [-0.39, 0.29) is 10.8 Å². The van der Waals surface area contributed by atoms with Crippen LogP contribution in [0.4, 0.5) is 5.69 Å². The first-order valence-corrected chi connectivity index (χ1v) is 12.8. The lowest BCUT2D eigenvalue weighted by atomic mass is 9.91. The second-order valence-corrected chi connectivity index (χ2v) is 10.3. The Morgan fingerprint density at radius 3 is 2.51 bits per heavy atom. The number of para-hydroxylation sites is 2. The molecule has 1 aromatic heterocycles. The quantitative estimate of drug-likeness (QED) is 0.419. The molecule has 1 aliphatic rings. The summed E-state index contributed by atoms with van der Waals surface area (Å²) in [5.74, 6) is 1.13. The lowest BCUT2D eigenvalue weighted by Crippen LogP contribution is -2.50. The molecule has 0 aliphatic carbocycles. The Labute approximate surface area is 204 Å². The summed E-state index contributed by atoms with van der Waals surface area (Å²) in [6, 6.07) is 23.0. The van der Waals surface area contributed by atoms with Crippen molar-refractivity contribution in [2.45, 2.75) is 11.3 Å². The predicted octanol–water partition coefficient (Wildman–Crippen LogP) is 4.36. The van der Waals surface area contributed by atoms with Gasteiger partial charge in [0.25, 0.3) is 15.9 Å². The van der Waals surface area contributed by atoms with Gasteiger partial charge in [-0.2, -0.15) is 0 Å². The maximum atomic E-state index is 13.0. The van der Waals surface area contributed by atoms with Crippen molar-refractivity contribution in [2.24, 2.45) is 5.92 Å². The molecule has 1 N–H and O–H groups in total. The zero-order valence-electron chi connectivity index (χ0n) is 19.2. The fourth-order valence-electron chi connectivity index (χ4n) is 4.40. The van der Waals surface area contributed by atoms with Gasteiger partial charge in [0.15, 0.2) is 0 Å². The van der Waals surface area contributed by atoms with Crippen LogP contribution in [0.3, 0.4) is 0 Å². The van der Waals surface area contributed by atoms with Gasteiger partial charge < -0.3 is 9.64 Å². The third-order valence-corrected chi connectivity index (χ3v) is 7.62. The van der Waals surface area contributed by atoms with Gasteiger partial charge in [0.1, 0.15) is 5.75 Å². The zero-order chi connectivity index (χ0) is 24.4. The molecule has 1 saturated heterocycles. The summed E-state index contributed by atoms with van der Waals surface area (Å²) < 4.78 is 33.9. The van der Waals surface area contributed by atoms with Crippen molar-refractivity contribution in [2.75, 3.05) is 24.9 Å². The zero-order valence-corrected chi connectivity index (χ0v) is 20.0. The van der Waals surface area contributed by atoms with E-state index < -0.39 is 10.0 Å². The summed E-state index contributed by atoms with van der Waals surface area (Å²) >= 11 is 0. The molecule has 1 fully saturated rings. The molecule has 5 rings (SSSR count). The monoisotopic (exact) mass is 487 g/mol. The molecule has 0 spiro atoms. The molecule has 178 valence electrons. The Morgan fingerprint density at radius 2 is 1.74 bits per heavy atom. The van der Waals surface area contributed by atoms with Crippen LogP contribution in [0.5, 0.6) is 5.75 Å². The van der Waals surface area contributed by atoms with Gasteiger partial charge in [-0.3, -0.25) is 14.5 Å². The number of nitrogens with zero attached hydrogens (tertiary/aromatic N) is 2. The molecule has 1 amide bonds. The molecule has 8 heteroatoms. The smallest absolute Gasteiger partial charge is 0.261 e. The number of ether oxygens (including phenoxy) is 1. The minimum atomic E-state index is -3.84. The predicted molar refractivity (Wildman–Crippen MR) is 135 cm³/mol. The van der Waals surface area contributed by atoms with Crippen molar-refractivity contribution in [1.29, 1.82) is 0 Å². The molecule has 0 bridgehead atoms. The normalized spacial score (nSPS) is 13.9. The van der Waals surface area contributed by atoms with Crippen LogP contribution in [-0.2, 0) is 16.4 Å². The Balaban J connectivity index is 1.24. The number of pyridine rings is 1. The van der Waals surface area contributed by atoms with Crippen molar-refractivity contribution in [1.82, 2.24) is 9.88 Å². The molecule has 3 aromatic carbocycles. The van der Waals surface area contributed by atoms with Crippen LogP contribution in [0.15, 0.2) is 90.0 Å². The minimum absolute atomic E-state index is 0.0830. The number of hydrogen-bond donors (Lipinski definition) is 1. The number of hydrogen-bond acceptors (Lipinski definition) is 5. The standard InChI is InChI=1S/C27H25N3O4S/c1-34-25-10-3-2-6-22(25)16-19-17-30(18-19)27(31)21-11-13-23(14-12-21)35(32,33)29-24-9-4-7-20-8-5-15-28-26(20)24/h2-15,19,29H,16-18H2,1H3. The Hall–Kier alpha value is -3.91. The Kier molecular flexibility index (Phi) is 6.13. The highest BCUT2D eigenvalue weighted by molar-refractivity contribution is 7.92. The van der Waals surface area contributed by atoms with E-state index in [4.69, 9.17) is 4.74 Å². The summed E-state index contributed by atoms with van der Waals surface area (Å²) in [6.45, 7) is 1.32. The highest BCUT2D eigenvalue weighted by atomic mass is 32.2. The summed E-state index contributed by atoms with van der Waals surface area (Å²) in [7, 11) is -2.18. The minimum Gasteiger partial charge on any atom is -0.496 e. The van der Waals surface area contributed by atoms with E-state index in [1.165, 1.54) is 12.1 Å². The SMILES string of the molecule is COc1ccccc1CC1CN(C(=O)c2ccc(S(=O)(=O)Nc3cccc4cccnc34)cc2)C1. The van der Waals surface area contributed by atoms with Crippen LogP contribution in [0, 0.1) is 5.92 Å². The maximum absolute atomic E-state index is 13.0. The number of nitrogens with one attached hydrogen (secondary N) is 1. The van der Waals surface area contributed by atoms with Crippen LogP contribution >= 0.6 is 0 Å². The van der Waals surface area contributed by atoms with Gasteiger partial charge in [0, 0.05) is 30.2 Å². The molecule has 4 aromatic rings. The number of sulfonamides is 1. The van der Waals surface area contributed by atoms with Crippen LogP contribution in [0.2, 0.25) is 0 Å². The fourth-order valence-corrected chi connectivity index (χ4v) is 5.46. The largest absolute Gasteiger partial charge is 0.496 e. The first kappa shape index (κ1) is 22.9. The number of benzene rings is 3. The molecule has 0 saturated carbocycles. The highest BCUT2D eigenvalue weighted by Crippen LogP contribution is 2.28. The molecule has 0 atom stereocenters. The third kappa shape index (κ3) is 4.70. The van der Waals surface area contributed by atoms with Crippen molar-refractivity contribution in [3.05, 3.63) is 96.2 Å². The summed E-state index contributed by atoms with van der Waals surface area (Å²) in [4.78, 5) is 19.0. The Morgan fingerprint density at radius 1 is 1.00 bits per heavy atom. The van der Waals surface area contributed by atoms with Gasteiger partial charge >= 0.3 is 0 Å². The van der Waals surface area contributed by atoms with E-state index >= 15 is 0 Å². The van der Waals surface area contributed by atoms with E-state index in [1.54, 1.807) is 48.5 Å². The van der Waals surface area contributed by atoms with Gasteiger partial charge in [0.2, 0.25) is 0 Å². The number of amides is 1. The van der Waals surface area contributed by atoms with Crippen molar-refractivity contribution >= 4 is 32.5 Å². The number of carbonyl (C=O) groups is 1. The maximum Gasteiger partial charge on any atom is 0.261 e. The van der Waals surface area contributed by atoms with E-state index in [9.17, 15) is 13.2 Å². The molecular weight excluding hydrogens is 462 g/mol. The number of likely N-dealkylation sites (tertiary alicyclic amines) is 1. The molecule has 0 radical (unpaired) electrons. The molecule has 0 unspecified atom stereocenters. The summed E-state index contributed by atoms with van der Waals surface area (Å²) in [6.07, 6.45) is 2.47. The van der Waals surface area contributed by atoms with Crippen molar-refractivity contribution in [3.63, 3.8) is 0 Å². The number of carbonyl (C=O) groups excluding carboxylic acids is 1. The van der Waals surface area contributed by atoms with Crippen molar-refractivity contribution < 1.29 is 17.9 Å². The number of rotatable bonds is 7. The molecule has 35 heavy (non-hydrogen) atoms. The molecule has 2 heterocycles. The van der Waals surface area contributed by atoms with E-state index in [0.29, 0.717) is 35.8 Å². The number of methoxy groups -OCH3 is 1. The fraction of sp³-hybridized carbons (Fsp3) is 0.185. The van der Waals surface area contributed by atoms with Gasteiger partial charge in [-0.25, -0.2) is 8.42 Å². The van der Waals surface area contributed by atoms with Crippen molar-refractivity contribution in [3.8, 4) is 5.75 Å². The van der Waals surface area contributed by atoms with Gasteiger partial charge in [-0.15, -0.1) is 0 Å². The Bertz CT molecular complexity index is 1470. The summed E-state index contributed by atoms with van der Waals surface area (Å²) in [5, 5.41) is 0.840. The average Bonchev–Trinajstić information content (AvgIpc) is 2.86. The third-order valence-electron chi connectivity index (χ3n) is 6.23. The van der Waals surface area contributed by atoms with Gasteiger partial charge in [-0.1, -0.05) is 36.4 Å². The lowest BCUT2D eigenvalue weighted by molar-refractivity contribution is 0.0500. The summed E-state index contributed by atoms with van der Waals surface area (Å²) in [5.41, 5.74) is 2.58. The molecule has 1 aliphatic heterocycles. The topological polar surface area (TPSA) is 88.6 Å². The van der Waals surface area contributed by atoms with E-state index in [1.807, 2.05) is 36.4 Å². The second kappa shape index (κ2) is 9.38. The second-order valence-electron chi connectivity index (χ2n) is 8.60. The van der Waals surface area contributed by atoms with Crippen LogP contribution in [0.1, 0.15) is 15.9 Å². The highest BCUT2D eigenvalue weighted by Gasteiger charge is 2.32. The first-order valence-electron chi connectivity index (χ1n) is 11.3. The number of fused-ring (bicyclic) bond motifs is 1. The number of aromatic nitrogens is 1. The molecular formula is C27H25N3O4S. The molecule has 7 nitrogen and oxygen atoms in total. The lowest BCUT2D eigenvalue weighted by Gasteiger charge is -2.39. The van der Waals surface area contributed by atoms with E-state index in [2.05, 4.69) is 9.71 Å². The van der Waals surface area contributed by atoms with Crippen LogP contribution < -0.4 is 9.46 Å². The first-order chi connectivity index (χ1) is 16.9. The van der Waals surface area contributed by atoms with E-state index in [0.717, 1.165) is 23.1 Å². The average molecular weight is 488 g/mol. The number of anilines is 1. The van der Waals surface area contributed by atoms with Crippen LogP contribution in [0.25, 0.3) is 10.9 Å².